The number of aliphatic hydroxyl groups is 2. The van der Waals surface area contributed by atoms with Crippen LogP contribution in [0.5, 0.6) is 11.5 Å². The third kappa shape index (κ3) is 7.48. The average molecular weight is 658 g/mol. The molecular weight excluding hydrogens is 621 g/mol. The first-order chi connectivity index (χ1) is 18.9. The van der Waals surface area contributed by atoms with Crippen LogP contribution in [0.15, 0.2) is 23.8 Å². The van der Waals surface area contributed by atoms with Crippen molar-refractivity contribution >= 4 is 40.7 Å². The number of carbonyl (C=O) groups is 3. The molecule has 1 aromatic carbocycles. The van der Waals surface area contributed by atoms with Crippen molar-refractivity contribution in [3.63, 3.8) is 0 Å². The van der Waals surface area contributed by atoms with Gasteiger partial charge in [-0.2, -0.15) is 0 Å². The molecule has 2 fully saturated rings. The van der Waals surface area contributed by atoms with E-state index in [4.69, 9.17) is 14.2 Å². The number of nitrogens with zero attached hydrogens (tertiary/aromatic N) is 2. The summed E-state index contributed by atoms with van der Waals surface area (Å²) in [6.45, 7) is 3.72. The van der Waals surface area contributed by atoms with Crippen LogP contribution in [0.1, 0.15) is 29.6 Å². The van der Waals surface area contributed by atoms with Crippen molar-refractivity contribution in [1.29, 1.82) is 0 Å². The van der Waals surface area contributed by atoms with Gasteiger partial charge in [0, 0.05) is 56.2 Å². The van der Waals surface area contributed by atoms with E-state index in [1.807, 2.05) is 22.6 Å². The number of hydrogen-bond acceptors (Lipinski definition) is 9. The Kier molecular flexibility index (Phi) is 10.6. The number of nitrogens with one attached hydrogen (secondary N) is 1. The quantitative estimate of drug-likeness (QED) is 0.218. The fraction of sp³-hybridized carbons (Fsp3) is 0.593. The Balaban J connectivity index is 1.64. The van der Waals surface area contributed by atoms with Crippen LogP contribution in [0.3, 0.4) is 0 Å². The molecule has 3 N–H and O–H groups in total. The zero-order chi connectivity index (χ0) is 27.9. The average Bonchev–Trinajstić information content (AvgIpc) is 3.80. The van der Waals surface area contributed by atoms with E-state index in [0.717, 1.165) is 25.9 Å². The highest BCUT2D eigenvalue weighted by Gasteiger charge is 2.44. The van der Waals surface area contributed by atoms with E-state index in [2.05, 4.69) is 10.2 Å². The van der Waals surface area contributed by atoms with Crippen LogP contribution in [-0.2, 0) is 14.3 Å². The fourth-order valence-electron chi connectivity index (χ4n) is 4.92. The summed E-state index contributed by atoms with van der Waals surface area (Å²) in [7, 11) is 1.46. The van der Waals surface area contributed by atoms with Crippen LogP contribution in [-0.4, -0.2) is 116 Å². The second kappa shape index (κ2) is 13.9. The second-order valence-electron chi connectivity index (χ2n) is 9.93. The number of aldehydes is 1. The summed E-state index contributed by atoms with van der Waals surface area (Å²) >= 11 is 2.03. The van der Waals surface area contributed by atoms with Gasteiger partial charge in [-0.1, -0.05) is 0 Å². The molecular formula is C27H36IN3O8. The Morgan fingerprint density at radius 1 is 1.28 bits per heavy atom. The van der Waals surface area contributed by atoms with Crippen LogP contribution in [0.4, 0.5) is 0 Å². The maximum Gasteiger partial charge on any atom is 0.247 e. The molecule has 2 aliphatic carbocycles. The molecule has 3 aliphatic rings. The van der Waals surface area contributed by atoms with Gasteiger partial charge in [0.2, 0.25) is 11.8 Å². The molecule has 214 valence electrons. The summed E-state index contributed by atoms with van der Waals surface area (Å²) in [5, 5.41) is 23.5. The summed E-state index contributed by atoms with van der Waals surface area (Å²) in [6.07, 6.45) is 1.96. The molecule has 0 aromatic heterocycles. The molecule has 1 saturated carbocycles. The Hall–Kier alpha value is -2.26. The minimum absolute atomic E-state index is 0.0226. The predicted octanol–water partition coefficient (Wildman–Crippen LogP) is 0.599. The number of methoxy groups -OCH3 is 1. The highest BCUT2D eigenvalue weighted by molar-refractivity contribution is 14.1. The molecule has 1 saturated heterocycles. The number of halogens is 1. The summed E-state index contributed by atoms with van der Waals surface area (Å²) in [4.78, 5) is 41.8. The third-order valence-electron chi connectivity index (χ3n) is 7.23. The smallest absolute Gasteiger partial charge is 0.247 e. The van der Waals surface area contributed by atoms with Crippen molar-refractivity contribution in [1.82, 2.24) is 15.1 Å². The lowest BCUT2D eigenvalue weighted by Crippen LogP contribution is -2.57. The van der Waals surface area contributed by atoms with Crippen molar-refractivity contribution in [3.8, 4) is 11.5 Å². The lowest BCUT2D eigenvalue weighted by Gasteiger charge is -2.41. The summed E-state index contributed by atoms with van der Waals surface area (Å²) in [5.74, 6) is 0.158. The number of rotatable bonds is 12. The monoisotopic (exact) mass is 657 g/mol. The number of carbonyl (C=O) groups excluding carboxylic acids is 3. The van der Waals surface area contributed by atoms with Crippen molar-refractivity contribution in [2.24, 2.45) is 5.92 Å². The maximum absolute atomic E-state index is 13.5. The first-order valence-corrected chi connectivity index (χ1v) is 14.3. The highest BCUT2D eigenvalue weighted by Crippen LogP contribution is 2.38. The summed E-state index contributed by atoms with van der Waals surface area (Å²) < 4.78 is 17.8. The van der Waals surface area contributed by atoms with Gasteiger partial charge in [-0.3, -0.25) is 19.3 Å². The van der Waals surface area contributed by atoms with Crippen molar-refractivity contribution in [2.45, 2.75) is 37.5 Å². The van der Waals surface area contributed by atoms with Crippen molar-refractivity contribution < 1.29 is 38.8 Å². The fourth-order valence-corrected chi connectivity index (χ4v) is 5.67. The van der Waals surface area contributed by atoms with Gasteiger partial charge in [-0.15, -0.1) is 0 Å². The van der Waals surface area contributed by atoms with Gasteiger partial charge in [0.05, 0.1) is 36.5 Å². The Bertz CT molecular complexity index is 1070. The van der Waals surface area contributed by atoms with Crippen LogP contribution in [0.2, 0.25) is 0 Å². The van der Waals surface area contributed by atoms with E-state index in [1.54, 1.807) is 23.1 Å². The molecule has 3 atom stereocenters. The van der Waals surface area contributed by atoms with Gasteiger partial charge in [0.1, 0.15) is 18.5 Å². The number of aliphatic hydroxyl groups excluding tert-OH is 2. The first kappa shape index (κ1) is 29.7. The molecule has 2 amide bonds. The standard InChI is InChI=1S/C27H36IN3O8/c1-37-23-13-17(16-33)12-20(28)25(23)39-22-15-19(26(35)29-4-9-32)14-21(24(22)34)31(27(36)18-2-3-18)6-5-30-7-10-38-11-8-30/h12-13,15-16,18,21-22,24,32,34H,2-11,14H2,1H3,(H,29,35)/t21-,22+,24+/m1/s1. The summed E-state index contributed by atoms with van der Waals surface area (Å²) in [5.41, 5.74) is 0.775. The Morgan fingerprint density at radius 3 is 2.67 bits per heavy atom. The lowest BCUT2D eigenvalue weighted by molar-refractivity contribution is -0.140. The second-order valence-corrected chi connectivity index (χ2v) is 11.1. The number of ether oxygens (including phenoxy) is 3. The molecule has 1 heterocycles. The van der Waals surface area contributed by atoms with E-state index in [0.29, 0.717) is 58.8 Å². The lowest BCUT2D eigenvalue weighted by atomic mass is 9.88. The van der Waals surface area contributed by atoms with Gasteiger partial charge < -0.3 is 34.6 Å². The molecule has 11 nitrogen and oxygen atoms in total. The van der Waals surface area contributed by atoms with Gasteiger partial charge in [-0.25, -0.2) is 0 Å². The van der Waals surface area contributed by atoms with Crippen LogP contribution in [0, 0.1) is 9.49 Å². The molecule has 1 aliphatic heterocycles. The van der Waals surface area contributed by atoms with Gasteiger partial charge in [0.15, 0.2) is 11.5 Å². The molecule has 4 rings (SSSR count). The molecule has 0 unspecified atom stereocenters. The third-order valence-corrected chi connectivity index (χ3v) is 8.03. The normalized spacial score (nSPS) is 23.5. The van der Waals surface area contributed by atoms with Gasteiger partial charge in [0.25, 0.3) is 0 Å². The first-order valence-electron chi connectivity index (χ1n) is 13.2. The maximum atomic E-state index is 13.5. The van der Waals surface area contributed by atoms with Crippen LogP contribution >= 0.6 is 22.6 Å². The molecule has 1 aromatic rings. The number of amides is 2. The Morgan fingerprint density at radius 2 is 2.03 bits per heavy atom. The number of benzene rings is 1. The largest absolute Gasteiger partial charge is 0.493 e. The SMILES string of the molecule is COc1cc(C=O)cc(I)c1O[C@H]1C=C(C(=O)NCCO)C[C@@H](N(CCN2CCOCC2)C(=O)C2CC2)[C@@H]1O. The Labute approximate surface area is 241 Å². The van der Waals surface area contributed by atoms with E-state index in [-0.39, 0.29) is 37.3 Å². The molecule has 0 radical (unpaired) electrons. The zero-order valence-electron chi connectivity index (χ0n) is 22.0. The van der Waals surface area contributed by atoms with E-state index in [9.17, 15) is 24.6 Å². The van der Waals surface area contributed by atoms with E-state index < -0.39 is 18.2 Å². The molecule has 0 spiro atoms. The summed E-state index contributed by atoms with van der Waals surface area (Å²) in [6, 6.07) is 2.49. The molecule has 12 heteroatoms. The van der Waals surface area contributed by atoms with Crippen molar-refractivity contribution in [3.05, 3.63) is 32.9 Å². The number of hydrogen-bond donors (Lipinski definition) is 3. The van der Waals surface area contributed by atoms with Crippen LogP contribution in [0.25, 0.3) is 0 Å². The van der Waals surface area contributed by atoms with E-state index >= 15 is 0 Å². The van der Waals surface area contributed by atoms with Crippen molar-refractivity contribution in [2.75, 3.05) is 59.7 Å². The molecule has 39 heavy (non-hydrogen) atoms. The minimum Gasteiger partial charge on any atom is -0.493 e. The number of morpholine rings is 1. The molecule has 0 bridgehead atoms. The minimum atomic E-state index is -1.13. The topological polar surface area (TPSA) is 138 Å². The predicted molar refractivity (Wildman–Crippen MR) is 150 cm³/mol. The zero-order valence-corrected chi connectivity index (χ0v) is 24.2. The van der Waals surface area contributed by atoms with Crippen LogP contribution < -0.4 is 14.8 Å². The van der Waals surface area contributed by atoms with Gasteiger partial charge in [-0.05, 0) is 53.6 Å². The highest BCUT2D eigenvalue weighted by atomic mass is 127. The van der Waals surface area contributed by atoms with Gasteiger partial charge >= 0.3 is 0 Å². The van der Waals surface area contributed by atoms with E-state index in [1.165, 1.54) is 7.11 Å².